The van der Waals surface area contributed by atoms with E-state index in [9.17, 15) is 14.4 Å². The zero-order valence-corrected chi connectivity index (χ0v) is 20.5. The lowest BCUT2D eigenvalue weighted by atomic mass is 10.0. The minimum Gasteiger partial charge on any atom is -0.465 e. The predicted octanol–water partition coefficient (Wildman–Crippen LogP) is 3.97. The van der Waals surface area contributed by atoms with Crippen LogP contribution in [-0.4, -0.2) is 41.2 Å². The quantitative estimate of drug-likeness (QED) is 0.188. The fourth-order valence-electron chi connectivity index (χ4n) is 4.01. The van der Waals surface area contributed by atoms with E-state index in [4.69, 9.17) is 15.9 Å². The Morgan fingerprint density at radius 2 is 1.77 bits per heavy atom. The van der Waals surface area contributed by atoms with Crippen molar-refractivity contribution in [1.29, 1.82) is 5.41 Å². The number of fused-ring (bicyclic) bond motifs is 1. The van der Waals surface area contributed by atoms with Crippen molar-refractivity contribution < 1.29 is 19.1 Å². The van der Waals surface area contributed by atoms with Gasteiger partial charge in [-0.3, -0.25) is 19.8 Å². The number of nitrogens with one attached hydrogen (secondary N) is 1. The maximum atomic E-state index is 13.1. The summed E-state index contributed by atoms with van der Waals surface area (Å²) in [6.07, 6.45) is 3.70. The van der Waals surface area contributed by atoms with Crippen molar-refractivity contribution in [2.45, 2.75) is 39.5 Å². The van der Waals surface area contributed by atoms with E-state index in [1.807, 2.05) is 42.8 Å². The van der Waals surface area contributed by atoms with Gasteiger partial charge in [-0.1, -0.05) is 37.3 Å². The van der Waals surface area contributed by atoms with Crippen LogP contribution in [0.3, 0.4) is 0 Å². The van der Waals surface area contributed by atoms with Crippen LogP contribution in [0.1, 0.15) is 54.6 Å². The largest absolute Gasteiger partial charge is 0.465 e. The third kappa shape index (κ3) is 6.15. The van der Waals surface area contributed by atoms with E-state index < -0.39 is 5.97 Å². The lowest BCUT2D eigenvalue weighted by Crippen LogP contribution is -2.36. The van der Waals surface area contributed by atoms with Gasteiger partial charge in [0.25, 0.3) is 0 Å². The van der Waals surface area contributed by atoms with E-state index in [0.29, 0.717) is 42.5 Å². The van der Waals surface area contributed by atoms with E-state index >= 15 is 0 Å². The molecule has 8 heteroatoms. The zero-order chi connectivity index (χ0) is 25.5. The van der Waals surface area contributed by atoms with Crippen molar-refractivity contribution in [1.82, 2.24) is 4.57 Å². The topological polar surface area (TPSA) is 118 Å². The lowest BCUT2D eigenvalue weighted by molar-refractivity contribution is -0.142. The summed E-state index contributed by atoms with van der Waals surface area (Å²) in [6, 6.07) is 12.8. The number of rotatable bonds is 11. The number of hydrogen-bond donors (Lipinski definition) is 2. The summed E-state index contributed by atoms with van der Waals surface area (Å²) in [5.74, 6) is -0.582. The first kappa shape index (κ1) is 25.7. The molecule has 0 aliphatic carbocycles. The molecule has 3 rings (SSSR count). The van der Waals surface area contributed by atoms with Crippen LogP contribution >= 0.6 is 0 Å². The Bertz CT molecular complexity index is 1240. The average molecular weight is 477 g/mol. The second kappa shape index (κ2) is 11.5. The van der Waals surface area contributed by atoms with E-state index in [0.717, 1.165) is 16.5 Å². The molecule has 1 amide bonds. The number of nitrogens with zero attached hydrogens (tertiary/aromatic N) is 2. The molecule has 184 valence electrons. The van der Waals surface area contributed by atoms with Gasteiger partial charge in [0.05, 0.1) is 12.1 Å². The fourth-order valence-corrected chi connectivity index (χ4v) is 4.01. The first-order valence-electron chi connectivity index (χ1n) is 11.8. The van der Waals surface area contributed by atoms with Gasteiger partial charge < -0.3 is 19.9 Å². The molecular formula is C27H32N4O4. The normalized spacial score (nSPS) is 10.8. The minimum absolute atomic E-state index is 0.0139. The first-order valence-corrected chi connectivity index (χ1v) is 11.8. The third-order valence-corrected chi connectivity index (χ3v) is 5.85. The van der Waals surface area contributed by atoms with E-state index in [2.05, 4.69) is 0 Å². The van der Waals surface area contributed by atoms with Crippen molar-refractivity contribution in [3.63, 3.8) is 0 Å². The number of esters is 1. The Hall–Kier alpha value is -3.94. The maximum absolute atomic E-state index is 13.1. The van der Waals surface area contributed by atoms with Crippen LogP contribution in [0.25, 0.3) is 10.9 Å². The molecule has 3 N–H and O–H groups in total. The lowest BCUT2D eigenvalue weighted by Gasteiger charge is -2.22. The summed E-state index contributed by atoms with van der Waals surface area (Å²) in [6.45, 7) is 3.73. The van der Waals surface area contributed by atoms with Gasteiger partial charge in [-0.25, -0.2) is 0 Å². The number of hydrogen-bond acceptors (Lipinski definition) is 5. The Balaban J connectivity index is 1.83. The standard InChI is InChI=1S/C27H32N4O4/c1-4-6-25(33)31(17-26(34)35-5-2)20-12-13-21-22(16-30(3)23(21)15-20)24(32)14-9-18-7-10-19(11-8-18)27(28)29/h7-8,10-13,15-16H,4-6,9,14,17H2,1-3H3,(H3,28,29). The number of anilines is 1. The van der Waals surface area contributed by atoms with Crippen LogP contribution in [0.4, 0.5) is 5.69 Å². The molecule has 1 heterocycles. The molecule has 35 heavy (non-hydrogen) atoms. The molecule has 8 nitrogen and oxygen atoms in total. The molecule has 1 aromatic heterocycles. The zero-order valence-electron chi connectivity index (χ0n) is 20.5. The van der Waals surface area contributed by atoms with Crippen LogP contribution in [0.5, 0.6) is 0 Å². The van der Waals surface area contributed by atoms with E-state index in [-0.39, 0.29) is 30.7 Å². The number of nitrogen functional groups attached to an aromatic ring is 1. The van der Waals surface area contributed by atoms with Gasteiger partial charge in [0.15, 0.2) is 5.78 Å². The van der Waals surface area contributed by atoms with E-state index in [1.54, 1.807) is 31.3 Å². The second-order valence-electron chi connectivity index (χ2n) is 8.42. The van der Waals surface area contributed by atoms with E-state index in [1.165, 1.54) is 4.90 Å². The number of nitrogens with two attached hydrogens (primary N) is 1. The second-order valence-corrected chi connectivity index (χ2v) is 8.42. The predicted molar refractivity (Wildman–Crippen MR) is 137 cm³/mol. The van der Waals surface area contributed by atoms with Crippen LogP contribution in [0.2, 0.25) is 0 Å². The van der Waals surface area contributed by atoms with Crippen LogP contribution in [0, 0.1) is 5.41 Å². The molecule has 0 saturated carbocycles. The van der Waals surface area contributed by atoms with Crippen LogP contribution in [-0.2, 0) is 27.8 Å². The molecule has 0 aliphatic heterocycles. The Labute approximate surface area is 205 Å². The summed E-state index contributed by atoms with van der Waals surface area (Å²) in [5, 5.41) is 8.28. The summed E-state index contributed by atoms with van der Waals surface area (Å²) in [4.78, 5) is 39.4. The van der Waals surface area contributed by atoms with Crippen LogP contribution < -0.4 is 10.6 Å². The summed E-state index contributed by atoms with van der Waals surface area (Å²) >= 11 is 0. The first-order chi connectivity index (χ1) is 16.7. The highest BCUT2D eigenvalue weighted by atomic mass is 16.5. The minimum atomic E-state index is -0.462. The Morgan fingerprint density at radius 3 is 2.40 bits per heavy atom. The molecular weight excluding hydrogens is 444 g/mol. The third-order valence-electron chi connectivity index (χ3n) is 5.85. The molecule has 0 radical (unpaired) electrons. The average Bonchev–Trinajstić information content (AvgIpc) is 3.17. The molecule has 0 saturated heterocycles. The number of carbonyl (C=O) groups is 3. The number of amidine groups is 1. The number of benzene rings is 2. The molecule has 0 atom stereocenters. The monoisotopic (exact) mass is 476 g/mol. The van der Waals surface area contributed by atoms with Crippen molar-refractivity contribution in [2.75, 3.05) is 18.1 Å². The summed E-state index contributed by atoms with van der Waals surface area (Å²) in [5.41, 5.74) is 9.15. The molecule has 0 fully saturated rings. The molecule has 2 aromatic carbocycles. The molecule has 0 aliphatic rings. The summed E-state index contributed by atoms with van der Waals surface area (Å²) < 4.78 is 6.91. The van der Waals surface area contributed by atoms with Gasteiger partial charge in [0, 0.05) is 48.3 Å². The molecule has 0 unspecified atom stereocenters. The van der Waals surface area contributed by atoms with Crippen molar-refractivity contribution in [3.05, 3.63) is 65.4 Å². The van der Waals surface area contributed by atoms with Crippen molar-refractivity contribution in [3.8, 4) is 0 Å². The highest BCUT2D eigenvalue weighted by Gasteiger charge is 2.21. The van der Waals surface area contributed by atoms with Gasteiger partial charge in [-0.05, 0) is 37.5 Å². The number of aromatic nitrogens is 1. The molecule has 3 aromatic rings. The number of Topliss-reactive ketones (excluding diaryl/α,β-unsaturated/α-hetero) is 1. The van der Waals surface area contributed by atoms with Gasteiger partial charge >= 0.3 is 5.97 Å². The van der Waals surface area contributed by atoms with Gasteiger partial charge in [0.1, 0.15) is 12.4 Å². The smallest absolute Gasteiger partial charge is 0.326 e. The maximum Gasteiger partial charge on any atom is 0.326 e. The SMILES string of the molecule is CCCC(=O)N(CC(=O)OCC)c1ccc2c(C(=O)CCc3ccc(C(=N)N)cc3)cn(C)c2c1. The van der Waals surface area contributed by atoms with Gasteiger partial charge in [-0.15, -0.1) is 0 Å². The van der Waals surface area contributed by atoms with Crippen molar-refractivity contribution >= 4 is 40.1 Å². The number of amides is 1. The molecule has 0 bridgehead atoms. The molecule has 0 spiro atoms. The van der Waals surface area contributed by atoms with Crippen molar-refractivity contribution in [2.24, 2.45) is 12.8 Å². The fraction of sp³-hybridized carbons (Fsp3) is 0.333. The highest BCUT2D eigenvalue weighted by Crippen LogP contribution is 2.28. The van der Waals surface area contributed by atoms with Crippen LogP contribution in [0.15, 0.2) is 48.7 Å². The number of aryl methyl sites for hydroxylation is 2. The Kier molecular flexibility index (Phi) is 8.41. The van der Waals surface area contributed by atoms with Gasteiger partial charge in [0.2, 0.25) is 5.91 Å². The number of ether oxygens (including phenoxy) is 1. The summed E-state index contributed by atoms with van der Waals surface area (Å²) in [7, 11) is 1.85. The number of carbonyl (C=O) groups excluding carboxylic acids is 3. The highest BCUT2D eigenvalue weighted by molar-refractivity contribution is 6.09. The van der Waals surface area contributed by atoms with Gasteiger partial charge in [-0.2, -0.15) is 0 Å². The number of ketones is 1. The Morgan fingerprint density at radius 1 is 1.06 bits per heavy atom.